The van der Waals surface area contributed by atoms with Crippen molar-refractivity contribution in [3.8, 4) is 11.5 Å². The summed E-state index contributed by atoms with van der Waals surface area (Å²) >= 11 is 0. The Morgan fingerprint density at radius 3 is 2.33 bits per heavy atom. The van der Waals surface area contributed by atoms with Crippen molar-refractivity contribution in [2.45, 2.75) is 68.1 Å². The second-order valence-corrected chi connectivity index (χ2v) is 14.3. The minimum atomic E-state index is -4.60. The van der Waals surface area contributed by atoms with Crippen molar-refractivity contribution in [3.05, 3.63) is 71.0 Å². The van der Waals surface area contributed by atoms with Crippen molar-refractivity contribution in [1.82, 2.24) is 19.3 Å². The van der Waals surface area contributed by atoms with Crippen LogP contribution in [0.4, 0.5) is 13.2 Å². The van der Waals surface area contributed by atoms with E-state index in [9.17, 15) is 45.3 Å². The van der Waals surface area contributed by atoms with Crippen LogP contribution in [0.15, 0.2) is 58.7 Å². The third-order valence-electron chi connectivity index (χ3n) is 7.39. The summed E-state index contributed by atoms with van der Waals surface area (Å²) in [5.41, 5.74) is 1.08. The number of carbonyl (C=O) groups is 3. The number of nitrogens with one attached hydrogen (secondary N) is 1. The van der Waals surface area contributed by atoms with Gasteiger partial charge in [0.2, 0.25) is 5.16 Å². The van der Waals surface area contributed by atoms with Crippen LogP contribution in [0.1, 0.15) is 42.1 Å². The van der Waals surface area contributed by atoms with Crippen LogP contribution in [0.25, 0.3) is 11.0 Å². The molecule has 1 amide bonds. The fourth-order valence-corrected chi connectivity index (χ4v) is 8.69. The van der Waals surface area contributed by atoms with Crippen LogP contribution >= 0.6 is 0 Å². The summed E-state index contributed by atoms with van der Waals surface area (Å²) in [6, 6.07) is 8.66. The molecule has 0 fully saturated rings. The first-order valence-corrected chi connectivity index (χ1v) is 17.9. The first-order valence-electron chi connectivity index (χ1n) is 15.2. The lowest BCUT2D eigenvalue weighted by Gasteiger charge is -2.17. The highest BCUT2D eigenvalue weighted by Gasteiger charge is 2.32. The minimum absolute atomic E-state index is 0.0709. The van der Waals surface area contributed by atoms with Gasteiger partial charge in [-0.25, -0.2) is 22.2 Å². The zero-order valence-corrected chi connectivity index (χ0v) is 29.0. The lowest BCUT2D eigenvalue weighted by atomic mass is 10.1. The molecule has 3 N–H and O–H groups in total. The van der Waals surface area contributed by atoms with Crippen LogP contribution in [0.5, 0.6) is 11.5 Å². The van der Waals surface area contributed by atoms with Crippen LogP contribution in [-0.2, 0) is 47.4 Å². The van der Waals surface area contributed by atoms with Crippen molar-refractivity contribution in [3.63, 3.8) is 0 Å². The molecule has 2 atom stereocenters. The van der Waals surface area contributed by atoms with E-state index in [1.165, 1.54) is 50.4 Å². The largest absolute Gasteiger partial charge is 0.484 e. The van der Waals surface area contributed by atoms with Gasteiger partial charge in [0.1, 0.15) is 17.5 Å². The summed E-state index contributed by atoms with van der Waals surface area (Å²) in [6.07, 6.45) is -4.04. The fraction of sp³-hybridized carbons (Fsp3) is 0.344. The number of hydrogen-bond acceptors (Lipinski definition) is 10. The molecular formula is C32H33F3N4O10S2. The maximum Gasteiger partial charge on any atom is 0.422 e. The zero-order chi connectivity index (χ0) is 37.7. The number of alkyl halides is 3. The van der Waals surface area contributed by atoms with E-state index in [0.717, 1.165) is 3.97 Å². The fourth-order valence-electron chi connectivity index (χ4n) is 5.26. The molecule has 0 aliphatic rings. The van der Waals surface area contributed by atoms with Crippen LogP contribution in [0, 0.1) is 13.8 Å². The molecule has 14 nitrogen and oxygen atoms in total. The van der Waals surface area contributed by atoms with Gasteiger partial charge >= 0.3 is 18.1 Å². The maximum absolute atomic E-state index is 14.4. The number of para-hydroxylation sites is 2. The summed E-state index contributed by atoms with van der Waals surface area (Å²) in [6.45, 7) is 2.39. The molecular weight excluding hydrogens is 721 g/mol. The topological polar surface area (TPSA) is 204 Å². The van der Waals surface area contributed by atoms with Crippen molar-refractivity contribution in [2.24, 2.45) is 0 Å². The summed E-state index contributed by atoms with van der Waals surface area (Å²) in [4.78, 5) is 43.0. The Labute approximate surface area is 292 Å². The Morgan fingerprint density at radius 2 is 1.73 bits per heavy atom. The molecule has 19 heteroatoms. The van der Waals surface area contributed by atoms with E-state index in [1.807, 2.05) is 0 Å². The predicted octanol–water partition coefficient (Wildman–Crippen LogP) is 3.91. The first-order chi connectivity index (χ1) is 23.9. The van der Waals surface area contributed by atoms with Gasteiger partial charge in [-0.2, -0.15) is 13.2 Å². The zero-order valence-electron chi connectivity index (χ0n) is 27.4. The van der Waals surface area contributed by atoms with Gasteiger partial charge in [-0.15, -0.1) is 0 Å². The molecule has 2 aromatic heterocycles. The number of pyridine rings is 1. The second kappa shape index (κ2) is 15.9. The van der Waals surface area contributed by atoms with Crippen LogP contribution in [0.3, 0.4) is 0 Å². The number of hydrogen-bond donors (Lipinski definition) is 3. The van der Waals surface area contributed by atoms with Gasteiger partial charge in [0.05, 0.1) is 38.2 Å². The molecule has 2 aromatic carbocycles. The molecule has 0 saturated carbocycles. The molecule has 4 aromatic rings. The minimum Gasteiger partial charge on any atom is -0.484 e. The van der Waals surface area contributed by atoms with Crippen LogP contribution < -0.4 is 14.8 Å². The predicted molar refractivity (Wildman–Crippen MR) is 175 cm³/mol. The smallest absolute Gasteiger partial charge is 0.422 e. The summed E-state index contributed by atoms with van der Waals surface area (Å²) < 4.78 is 92.6. The molecule has 0 saturated heterocycles. The molecule has 0 bridgehead atoms. The van der Waals surface area contributed by atoms with Crippen molar-refractivity contribution in [1.29, 1.82) is 0 Å². The molecule has 0 radical (unpaired) electrons. The Bertz CT molecular complexity index is 2080. The highest BCUT2D eigenvalue weighted by Crippen LogP contribution is 2.33. The molecule has 2 heterocycles. The summed E-state index contributed by atoms with van der Waals surface area (Å²) in [7, 11) is -6.73. The number of carbonyl (C=O) groups excluding carboxylic acids is 1. The first kappa shape index (κ1) is 38.8. The number of nitrogens with zero attached hydrogens (tertiary/aromatic N) is 3. The van der Waals surface area contributed by atoms with Gasteiger partial charge in [0.15, 0.2) is 13.2 Å². The number of carboxylic acids is 2. The number of ether oxygens (including phenoxy) is 2. The number of imidazole rings is 1. The maximum atomic E-state index is 14.4. The Morgan fingerprint density at radius 1 is 1.06 bits per heavy atom. The van der Waals surface area contributed by atoms with Gasteiger partial charge in [0.25, 0.3) is 15.9 Å². The van der Waals surface area contributed by atoms with Gasteiger partial charge in [-0.1, -0.05) is 19.1 Å². The van der Waals surface area contributed by atoms with Crippen molar-refractivity contribution >= 4 is 49.7 Å². The quantitative estimate of drug-likeness (QED) is 0.149. The van der Waals surface area contributed by atoms with Crippen molar-refractivity contribution in [2.75, 3.05) is 13.2 Å². The van der Waals surface area contributed by atoms with Crippen molar-refractivity contribution < 1.29 is 59.9 Å². The normalized spacial score (nSPS) is 13.1. The summed E-state index contributed by atoms with van der Waals surface area (Å²) in [5, 5.41) is 19.9. The number of amides is 1. The third-order valence-corrected chi connectivity index (χ3v) is 10.7. The Balaban J connectivity index is 1.65. The van der Waals surface area contributed by atoms with E-state index in [2.05, 4.69) is 15.3 Å². The number of fused-ring (bicyclic) bond motifs is 1. The van der Waals surface area contributed by atoms with E-state index in [-0.39, 0.29) is 67.8 Å². The molecule has 274 valence electrons. The van der Waals surface area contributed by atoms with Gasteiger partial charge in [-0.05, 0) is 68.1 Å². The van der Waals surface area contributed by atoms with E-state index < -0.39 is 76.3 Å². The van der Waals surface area contributed by atoms with Gasteiger partial charge in [0, 0.05) is 18.2 Å². The van der Waals surface area contributed by atoms with Gasteiger partial charge in [-0.3, -0.25) is 18.8 Å². The van der Waals surface area contributed by atoms with E-state index in [1.54, 1.807) is 19.1 Å². The highest BCUT2D eigenvalue weighted by molar-refractivity contribution is 7.91. The monoisotopic (exact) mass is 754 g/mol. The van der Waals surface area contributed by atoms with Crippen LogP contribution in [-0.4, -0.2) is 80.1 Å². The Kier molecular flexibility index (Phi) is 12.1. The molecule has 0 spiro atoms. The number of aliphatic carboxylic acids is 2. The number of halogens is 3. The third kappa shape index (κ3) is 9.40. The SMILES string of the molecule is CCc1c(OCC(F)(F)F)ccnc1CS(=O)c1nc2ccccc2n1S(=O)(=O)c1c(C)cc(OCC(=O)NC(CCC(=O)O)C(=O)O)cc1C. The number of benzene rings is 2. The molecule has 0 aliphatic carbocycles. The second-order valence-electron chi connectivity index (χ2n) is 11.2. The van der Waals surface area contributed by atoms with E-state index in [0.29, 0.717) is 0 Å². The number of carboxylic acid groups (broad SMARTS) is 2. The molecule has 0 aliphatic heterocycles. The van der Waals surface area contributed by atoms with Crippen LogP contribution in [0.2, 0.25) is 0 Å². The average molecular weight is 755 g/mol. The highest BCUT2D eigenvalue weighted by atomic mass is 32.2. The van der Waals surface area contributed by atoms with Gasteiger partial charge < -0.3 is 25.0 Å². The summed E-state index contributed by atoms with van der Waals surface area (Å²) in [5.74, 6) is -3.93. The number of aryl methyl sites for hydroxylation is 2. The molecule has 51 heavy (non-hydrogen) atoms. The number of rotatable bonds is 16. The molecule has 2 unspecified atom stereocenters. The average Bonchev–Trinajstić information content (AvgIpc) is 3.45. The molecule has 4 rings (SSSR count). The van der Waals surface area contributed by atoms with E-state index >= 15 is 0 Å². The lowest BCUT2D eigenvalue weighted by molar-refractivity contribution is -0.153. The number of aromatic nitrogens is 3. The Hall–Kier alpha value is -5.04. The van der Waals surface area contributed by atoms with E-state index in [4.69, 9.17) is 14.6 Å². The standard InChI is InChI=1S/C32H33F3N4O10S2/c1-4-21-24(36-12-11-26(21)49-17-32(33,34)35)16-50(45)31-38-22-7-5-6-8-25(22)39(31)51(46,47)29-18(2)13-20(14-19(29)3)48-15-27(40)37-23(30(43)44)9-10-28(41)42/h5-8,11-14,23H,4,9-10,15-17H2,1-3H3,(H,37,40)(H,41,42)(H,43,44). The lowest BCUT2D eigenvalue weighted by Crippen LogP contribution is -2.43.